The third-order valence-corrected chi connectivity index (χ3v) is 5.00. The summed E-state index contributed by atoms with van der Waals surface area (Å²) < 4.78 is 27.7. The predicted octanol–water partition coefficient (Wildman–Crippen LogP) is 3.27. The topological polar surface area (TPSA) is 58.4 Å². The molecule has 0 bridgehead atoms. The summed E-state index contributed by atoms with van der Waals surface area (Å²) >= 11 is 0. The minimum absolute atomic E-state index is 0. The Morgan fingerprint density at radius 1 is 1.28 bits per heavy atom. The molecule has 144 valence electrons. The Morgan fingerprint density at radius 3 is 2.32 bits per heavy atom. The molecule has 25 heavy (non-hydrogen) atoms. The molecule has 2 rings (SSSR count). The lowest BCUT2D eigenvalue weighted by molar-refractivity contribution is -0.131. The first-order chi connectivity index (χ1) is 11.0. The van der Waals surface area contributed by atoms with Crippen molar-refractivity contribution in [3.8, 4) is 0 Å². The van der Waals surface area contributed by atoms with Crippen molar-refractivity contribution < 1.29 is 13.6 Å². The van der Waals surface area contributed by atoms with E-state index in [2.05, 4.69) is 5.32 Å². The summed E-state index contributed by atoms with van der Waals surface area (Å²) in [6, 6.07) is 3.72. The number of benzene rings is 1. The van der Waals surface area contributed by atoms with E-state index in [-0.39, 0.29) is 42.5 Å². The second-order valence-corrected chi connectivity index (χ2v) is 6.17. The zero-order valence-electron chi connectivity index (χ0n) is 14.6. The van der Waals surface area contributed by atoms with Crippen LogP contribution in [0.3, 0.4) is 0 Å². The first-order valence-electron chi connectivity index (χ1n) is 8.17. The van der Waals surface area contributed by atoms with Crippen molar-refractivity contribution in [3.05, 3.63) is 29.8 Å². The molecule has 0 spiro atoms. The van der Waals surface area contributed by atoms with Gasteiger partial charge in [-0.15, -0.1) is 24.8 Å². The van der Waals surface area contributed by atoms with Crippen molar-refractivity contribution in [2.45, 2.75) is 39.2 Å². The van der Waals surface area contributed by atoms with Crippen LogP contribution >= 0.6 is 24.8 Å². The molecular formula is C17H27Cl2F2N3O. The van der Waals surface area contributed by atoms with E-state index in [0.29, 0.717) is 38.9 Å². The van der Waals surface area contributed by atoms with Crippen LogP contribution in [0.15, 0.2) is 18.2 Å². The number of nitrogens with one attached hydrogen (secondary N) is 1. The summed E-state index contributed by atoms with van der Waals surface area (Å²) in [5, 5.41) is 3.01. The quantitative estimate of drug-likeness (QED) is 0.774. The average Bonchev–Trinajstić information content (AvgIpc) is 2.97. The van der Waals surface area contributed by atoms with E-state index in [4.69, 9.17) is 5.73 Å². The van der Waals surface area contributed by atoms with Crippen LogP contribution in [0.2, 0.25) is 0 Å². The van der Waals surface area contributed by atoms with E-state index in [1.165, 1.54) is 18.2 Å². The molecule has 8 heteroatoms. The Hall–Kier alpha value is -1.11. The van der Waals surface area contributed by atoms with Crippen molar-refractivity contribution in [2.75, 3.05) is 24.5 Å². The Labute approximate surface area is 160 Å². The molecule has 1 atom stereocenters. The van der Waals surface area contributed by atoms with E-state index in [9.17, 15) is 13.6 Å². The fraction of sp³-hybridized carbons (Fsp3) is 0.588. The average molecular weight is 398 g/mol. The van der Waals surface area contributed by atoms with E-state index < -0.39 is 17.0 Å². The number of amides is 1. The largest absolute Gasteiger partial charge is 0.365 e. The van der Waals surface area contributed by atoms with Crippen LogP contribution in [-0.4, -0.2) is 31.6 Å². The van der Waals surface area contributed by atoms with Crippen LogP contribution in [0.25, 0.3) is 0 Å². The van der Waals surface area contributed by atoms with Gasteiger partial charge in [0.25, 0.3) is 0 Å². The highest BCUT2D eigenvalue weighted by atomic mass is 35.5. The van der Waals surface area contributed by atoms with Crippen LogP contribution in [0.1, 0.15) is 33.1 Å². The minimum atomic E-state index is -0.574. The lowest BCUT2D eigenvalue weighted by Gasteiger charge is -2.30. The number of hydrogen-bond acceptors (Lipinski definition) is 3. The minimum Gasteiger partial charge on any atom is -0.365 e. The normalized spacial score (nSPS) is 16.8. The van der Waals surface area contributed by atoms with Gasteiger partial charge in [-0.05, 0) is 31.4 Å². The molecule has 1 saturated heterocycles. The maximum absolute atomic E-state index is 13.9. The van der Waals surface area contributed by atoms with E-state index in [1.54, 1.807) is 4.90 Å². The molecule has 1 amide bonds. The van der Waals surface area contributed by atoms with Crippen molar-refractivity contribution in [1.82, 2.24) is 5.32 Å². The molecule has 1 heterocycles. The molecular weight excluding hydrogens is 371 g/mol. The standard InChI is InChI=1S/C17H25F2N3O.2ClH/c1-3-17(4-2,11-20)16(23)21-12-8-9-22(10-12)15-13(18)6-5-7-14(15)19;;/h5-7,12H,3-4,8-11,20H2,1-2H3,(H,21,23);2*1H. The fourth-order valence-corrected chi connectivity index (χ4v) is 3.16. The van der Waals surface area contributed by atoms with Crippen LogP contribution in [0, 0.1) is 17.0 Å². The number of carbonyl (C=O) groups excluding carboxylic acids is 1. The van der Waals surface area contributed by atoms with Gasteiger partial charge >= 0.3 is 0 Å². The zero-order chi connectivity index (χ0) is 17.0. The molecule has 1 aromatic rings. The molecule has 1 unspecified atom stereocenters. The highest BCUT2D eigenvalue weighted by Crippen LogP contribution is 2.28. The van der Waals surface area contributed by atoms with Gasteiger partial charge in [-0.2, -0.15) is 0 Å². The highest BCUT2D eigenvalue weighted by Gasteiger charge is 2.36. The zero-order valence-corrected chi connectivity index (χ0v) is 16.2. The lowest BCUT2D eigenvalue weighted by atomic mass is 9.81. The number of nitrogens with two attached hydrogens (primary N) is 1. The van der Waals surface area contributed by atoms with Gasteiger partial charge in [-0.1, -0.05) is 19.9 Å². The molecule has 4 nitrogen and oxygen atoms in total. The third-order valence-electron chi connectivity index (χ3n) is 5.00. The van der Waals surface area contributed by atoms with Gasteiger partial charge in [0.05, 0.1) is 5.41 Å². The van der Waals surface area contributed by atoms with E-state index >= 15 is 0 Å². The molecule has 0 radical (unpaired) electrons. The first kappa shape index (κ1) is 23.9. The first-order valence-corrected chi connectivity index (χ1v) is 8.17. The number of nitrogens with zero attached hydrogens (tertiary/aromatic N) is 1. The molecule has 1 aliphatic heterocycles. The van der Waals surface area contributed by atoms with Gasteiger partial charge in [-0.25, -0.2) is 8.78 Å². The number of anilines is 1. The highest BCUT2D eigenvalue weighted by molar-refractivity contribution is 5.85. The summed E-state index contributed by atoms with van der Waals surface area (Å²) in [7, 11) is 0. The number of para-hydroxylation sites is 1. The van der Waals surface area contributed by atoms with Gasteiger partial charge in [0.15, 0.2) is 0 Å². The smallest absolute Gasteiger partial charge is 0.227 e. The Bertz CT molecular complexity index is 542. The van der Waals surface area contributed by atoms with E-state index in [0.717, 1.165) is 0 Å². The molecule has 3 N–H and O–H groups in total. The second-order valence-electron chi connectivity index (χ2n) is 6.17. The maximum Gasteiger partial charge on any atom is 0.227 e. The number of carbonyl (C=O) groups is 1. The van der Waals surface area contributed by atoms with Gasteiger partial charge in [0.1, 0.15) is 17.3 Å². The summed E-state index contributed by atoms with van der Waals surface area (Å²) in [5.74, 6) is -1.21. The summed E-state index contributed by atoms with van der Waals surface area (Å²) in [6.07, 6.45) is 2.00. The molecule has 0 aromatic heterocycles. The number of hydrogen-bond donors (Lipinski definition) is 2. The SMILES string of the molecule is CCC(CC)(CN)C(=O)NC1CCN(c2c(F)cccc2F)C1.Cl.Cl. The van der Waals surface area contributed by atoms with E-state index in [1.807, 2.05) is 13.8 Å². The third kappa shape index (κ3) is 4.96. The summed E-state index contributed by atoms with van der Waals surface area (Å²) in [6.45, 7) is 5.11. The maximum atomic E-state index is 13.9. The van der Waals surface area contributed by atoms with Crippen molar-refractivity contribution in [3.63, 3.8) is 0 Å². The van der Waals surface area contributed by atoms with Crippen LogP contribution in [0.4, 0.5) is 14.5 Å². The van der Waals surface area contributed by atoms with Crippen LogP contribution in [0.5, 0.6) is 0 Å². The summed E-state index contributed by atoms with van der Waals surface area (Å²) in [4.78, 5) is 14.2. The monoisotopic (exact) mass is 397 g/mol. The van der Waals surface area contributed by atoms with Gasteiger partial charge in [0.2, 0.25) is 5.91 Å². The molecule has 0 saturated carbocycles. The van der Waals surface area contributed by atoms with Crippen molar-refractivity contribution >= 4 is 36.4 Å². The van der Waals surface area contributed by atoms with Crippen molar-refractivity contribution in [2.24, 2.45) is 11.1 Å². The van der Waals surface area contributed by atoms with Crippen LogP contribution < -0.4 is 16.0 Å². The van der Waals surface area contributed by atoms with Crippen LogP contribution in [-0.2, 0) is 4.79 Å². The Morgan fingerprint density at radius 2 is 1.84 bits per heavy atom. The predicted molar refractivity (Wildman–Crippen MR) is 102 cm³/mol. The molecule has 1 fully saturated rings. The lowest BCUT2D eigenvalue weighted by Crippen LogP contribution is -2.49. The Kier molecular flexibility index (Phi) is 9.69. The summed E-state index contributed by atoms with van der Waals surface area (Å²) in [5.41, 5.74) is 5.22. The number of rotatable bonds is 6. The van der Waals surface area contributed by atoms with Gasteiger partial charge < -0.3 is 16.0 Å². The van der Waals surface area contributed by atoms with Gasteiger partial charge in [-0.3, -0.25) is 4.79 Å². The Balaban J connectivity index is 0.00000288. The molecule has 0 aliphatic carbocycles. The van der Waals surface area contributed by atoms with Crippen molar-refractivity contribution in [1.29, 1.82) is 0 Å². The fourth-order valence-electron chi connectivity index (χ4n) is 3.16. The number of halogens is 4. The molecule has 1 aromatic carbocycles. The molecule has 1 aliphatic rings. The van der Waals surface area contributed by atoms with Gasteiger partial charge in [0, 0.05) is 25.7 Å². The second kappa shape index (κ2) is 10.1.